The minimum Gasteiger partial charge on any atom is -0.497 e. The molecule has 1 rings (SSSR count). The summed E-state index contributed by atoms with van der Waals surface area (Å²) in [6, 6.07) is 3.50. The quantitative estimate of drug-likeness (QED) is 0.631. The Bertz CT molecular complexity index is 218. The number of nitrogens with zero attached hydrogens (tertiary/aromatic N) is 1. The van der Waals surface area contributed by atoms with E-state index in [4.69, 9.17) is 16.3 Å². The molecule has 0 aliphatic carbocycles. The second kappa shape index (κ2) is 5.84. The van der Waals surface area contributed by atoms with Crippen molar-refractivity contribution in [3.8, 4) is 5.75 Å². The summed E-state index contributed by atoms with van der Waals surface area (Å²) in [5.41, 5.74) is 0.865. The van der Waals surface area contributed by atoms with E-state index in [1.807, 2.05) is 26.8 Å². The fraction of sp³-hybridized carbons (Fsp3) is 0.444. The van der Waals surface area contributed by atoms with Crippen LogP contribution in [-0.2, 0) is 0 Å². The Balaban J connectivity index is 0.000000561. The zero-order valence-corrected chi connectivity index (χ0v) is 8.64. The van der Waals surface area contributed by atoms with Crippen LogP contribution in [0.1, 0.15) is 19.5 Å². The van der Waals surface area contributed by atoms with E-state index < -0.39 is 0 Å². The average Bonchev–Trinajstić information content (AvgIpc) is 2.06. The van der Waals surface area contributed by atoms with Crippen LogP contribution in [-0.4, -0.2) is 12.1 Å². The van der Waals surface area contributed by atoms with Gasteiger partial charge in [0.05, 0.1) is 7.11 Å². The van der Waals surface area contributed by atoms with Crippen LogP contribution in [0.2, 0.25) is 5.15 Å². The van der Waals surface area contributed by atoms with Crippen molar-refractivity contribution in [3.63, 3.8) is 0 Å². The van der Waals surface area contributed by atoms with Gasteiger partial charge in [0.1, 0.15) is 10.9 Å². The van der Waals surface area contributed by atoms with Gasteiger partial charge in [0.25, 0.3) is 0 Å². The summed E-state index contributed by atoms with van der Waals surface area (Å²) in [5, 5.41) is 0.469. The third kappa shape index (κ3) is 3.58. The Morgan fingerprint density at radius 2 is 1.92 bits per heavy atom. The van der Waals surface area contributed by atoms with Crippen molar-refractivity contribution in [1.29, 1.82) is 0 Å². The molecular weight excluding hydrogens is 174 g/mol. The summed E-state index contributed by atoms with van der Waals surface area (Å²) in [6.45, 7) is 5.87. The third-order valence-electron chi connectivity index (χ3n) is 1.13. The highest BCUT2D eigenvalue weighted by Gasteiger charge is 1.95. The number of hydrogen-bond donors (Lipinski definition) is 0. The highest BCUT2D eigenvalue weighted by atomic mass is 35.5. The predicted molar refractivity (Wildman–Crippen MR) is 51.9 cm³/mol. The monoisotopic (exact) mass is 187 g/mol. The van der Waals surface area contributed by atoms with Gasteiger partial charge in [-0.15, -0.1) is 0 Å². The van der Waals surface area contributed by atoms with Gasteiger partial charge in [-0.25, -0.2) is 4.98 Å². The number of pyridine rings is 1. The maximum absolute atomic E-state index is 5.64. The van der Waals surface area contributed by atoms with E-state index >= 15 is 0 Å². The Labute approximate surface area is 78.5 Å². The van der Waals surface area contributed by atoms with Crippen LogP contribution in [0.15, 0.2) is 12.1 Å². The third-order valence-corrected chi connectivity index (χ3v) is 1.32. The van der Waals surface area contributed by atoms with Crippen molar-refractivity contribution in [3.05, 3.63) is 23.0 Å². The Hall–Kier alpha value is -0.760. The highest BCUT2D eigenvalue weighted by Crippen LogP contribution is 2.15. The second-order valence-electron chi connectivity index (χ2n) is 1.97. The second-order valence-corrected chi connectivity index (χ2v) is 2.36. The van der Waals surface area contributed by atoms with Crippen LogP contribution >= 0.6 is 11.6 Å². The lowest BCUT2D eigenvalue weighted by molar-refractivity contribution is 0.414. The van der Waals surface area contributed by atoms with E-state index in [2.05, 4.69) is 4.98 Å². The van der Waals surface area contributed by atoms with Crippen molar-refractivity contribution >= 4 is 11.6 Å². The molecule has 0 aliphatic rings. The van der Waals surface area contributed by atoms with Crippen LogP contribution in [0, 0.1) is 6.92 Å². The van der Waals surface area contributed by atoms with E-state index in [9.17, 15) is 0 Å². The first-order valence-electron chi connectivity index (χ1n) is 3.90. The number of aryl methyl sites for hydroxylation is 1. The molecule has 0 saturated heterocycles. The van der Waals surface area contributed by atoms with Crippen LogP contribution in [0.25, 0.3) is 0 Å². The zero-order valence-electron chi connectivity index (χ0n) is 7.89. The molecule has 3 heteroatoms. The van der Waals surface area contributed by atoms with E-state index in [0.29, 0.717) is 5.15 Å². The lowest BCUT2D eigenvalue weighted by Crippen LogP contribution is -1.86. The van der Waals surface area contributed by atoms with Crippen molar-refractivity contribution in [2.75, 3.05) is 7.11 Å². The number of rotatable bonds is 1. The fourth-order valence-corrected chi connectivity index (χ4v) is 0.957. The molecule has 0 spiro atoms. The summed E-state index contributed by atoms with van der Waals surface area (Å²) in [5.74, 6) is 0.748. The number of ether oxygens (including phenoxy) is 1. The number of methoxy groups -OCH3 is 1. The van der Waals surface area contributed by atoms with E-state index in [1.54, 1.807) is 13.2 Å². The van der Waals surface area contributed by atoms with E-state index in [-0.39, 0.29) is 0 Å². The topological polar surface area (TPSA) is 22.1 Å². The van der Waals surface area contributed by atoms with Crippen LogP contribution in [0.3, 0.4) is 0 Å². The zero-order chi connectivity index (χ0) is 9.56. The van der Waals surface area contributed by atoms with Crippen LogP contribution in [0.5, 0.6) is 5.75 Å². The molecule has 0 saturated carbocycles. The molecule has 12 heavy (non-hydrogen) atoms. The largest absolute Gasteiger partial charge is 0.497 e. The van der Waals surface area contributed by atoms with Crippen molar-refractivity contribution < 1.29 is 4.74 Å². The Morgan fingerprint density at radius 3 is 2.33 bits per heavy atom. The summed E-state index contributed by atoms with van der Waals surface area (Å²) in [4.78, 5) is 3.97. The van der Waals surface area contributed by atoms with Gasteiger partial charge in [-0.05, 0) is 6.92 Å². The molecule has 0 atom stereocenters. The molecule has 1 heterocycles. The normalized spacial score (nSPS) is 8.42. The Morgan fingerprint density at radius 1 is 1.33 bits per heavy atom. The molecular formula is C9H14ClNO. The first-order chi connectivity index (χ1) is 5.72. The lowest BCUT2D eigenvalue weighted by Gasteiger charge is -1.99. The summed E-state index contributed by atoms with van der Waals surface area (Å²) in [7, 11) is 1.60. The Kier molecular flexibility index (Phi) is 5.47. The fourth-order valence-electron chi connectivity index (χ4n) is 0.716. The maximum atomic E-state index is 5.64. The number of hydrogen-bond acceptors (Lipinski definition) is 2. The molecule has 0 aliphatic heterocycles. The molecule has 1 aromatic heterocycles. The van der Waals surface area contributed by atoms with Gasteiger partial charge in [0, 0.05) is 17.8 Å². The molecule has 0 fully saturated rings. The van der Waals surface area contributed by atoms with Crippen LogP contribution in [0.4, 0.5) is 0 Å². The highest BCUT2D eigenvalue weighted by molar-refractivity contribution is 6.29. The molecule has 2 nitrogen and oxygen atoms in total. The number of aromatic nitrogens is 1. The van der Waals surface area contributed by atoms with Gasteiger partial charge >= 0.3 is 0 Å². The smallest absolute Gasteiger partial charge is 0.133 e. The van der Waals surface area contributed by atoms with Crippen molar-refractivity contribution in [1.82, 2.24) is 4.98 Å². The van der Waals surface area contributed by atoms with Gasteiger partial charge in [0.15, 0.2) is 0 Å². The van der Waals surface area contributed by atoms with Gasteiger partial charge in [-0.3, -0.25) is 0 Å². The summed E-state index contributed by atoms with van der Waals surface area (Å²) < 4.78 is 4.95. The first kappa shape index (κ1) is 11.2. The van der Waals surface area contributed by atoms with Gasteiger partial charge in [-0.2, -0.15) is 0 Å². The molecule has 0 radical (unpaired) electrons. The molecule has 68 valence electrons. The SMILES string of the molecule is CC.COc1cc(C)nc(Cl)c1. The predicted octanol–water partition coefficient (Wildman–Crippen LogP) is 3.08. The van der Waals surface area contributed by atoms with Gasteiger partial charge < -0.3 is 4.74 Å². The van der Waals surface area contributed by atoms with Crippen molar-refractivity contribution in [2.45, 2.75) is 20.8 Å². The molecule has 0 unspecified atom stereocenters. The van der Waals surface area contributed by atoms with E-state index in [0.717, 1.165) is 11.4 Å². The minimum atomic E-state index is 0.469. The average molecular weight is 188 g/mol. The molecule has 0 bridgehead atoms. The standard InChI is InChI=1S/C7H8ClNO.C2H6/c1-5-3-6(10-2)4-7(8)9-5;1-2/h3-4H,1-2H3;1-2H3. The van der Waals surface area contributed by atoms with Gasteiger partial charge in [-0.1, -0.05) is 25.4 Å². The molecule has 0 N–H and O–H groups in total. The molecule has 0 amide bonds. The van der Waals surface area contributed by atoms with Crippen LogP contribution < -0.4 is 4.74 Å². The van der Waals surface area contributed by atoms with E-state index in [1.165, 1.54) is 0 Å². The first-order valence-corrected chi connectivity index (χ1v) is 4.28. The molecule has 0 aromatic carbocycles. The maximum Gasteiger partial charge on any atom is 0.133 e. The van der Waals surface area contributed by atoms with Crippen molar-refractivity contribution in [2.24, 2.45) is 0 Å². The lowest BCUT2D eigenvalue weighted by atomic mass is 10.4. The summed E-state index contributed by atoms with van der Waals surface area (Å²) in [6.07, 6.45) is 0. The number of halogens is 1. The molecule has 1 aromatic rings. The minimum absolute atomic E-state index is 0.469. The van der Waals surface area contributed by atoms with Gasteiger partial charge in [0.2, 0.25) is 0 Å². The summed E-state index contributed by atoms with van der Waals surface area (Å²) >= 11 is 5.64.